The molecule has 2 aliphatic heterocycles. The van der Waals surface area contributed by atoms with Gasteiger partial charge in [0, 0.05) is 19.1 Å². The van der Waals surface area contributed by atoms with Gasteiger partial charge in [0.05, 0.1) is 10.8 Å². The summed E-state index contributed by atoms with van der Waals surface area (Å²) in [6, 6.07) is 10.2. The van der Waals surface area contributed by atoms with Gasteiger partial charge in [0.25, 0.3) is 0 Å². The fourth-order valence-electron chi connectivity index (χ4n) is 6.01. The van der Waals surface area contributed by atoms with E-state index in [1.807, 2.05) is 30.1 Å². The summed E-state index contributed by atoms with van der Waals surface area (Å²) in [6.07, 6.45) is 7.36. The van der Waals surface area contributed by atoms with Crippen molar-refractivity contribution in [1.82, 2.24) is 9.80 Å². The van der Waals surface area contributed by atoms with Crippen molar-refractivity contribution in [3.8, 4) is 0 Å². The first-order valence-corrected chi connectivity index (χ1v) is 10.8. The lowest BCUT2D eigenvalue weighted by Crippen LogP contribution is -2.65. The second kappa shape index (κ2) is 7.51. The van der Waals surface area contributed by atoms with E-state index < -0.39 is 16.8 Å². The van der Waals surface area contributed by atoms with E-state index in [2.05, 4.69) is 17.0 Å². The number of benzene rings is 1. The van der Waals surface area contributed by atoms with Crippen LogP contribution in [0.5, 0.6) is 0 Å². The van der Waals surface area contributed by atoms with Crippen molar-refractivity contribution in [2.75, 3.05) is 26.7 Å². The molecule has 1 aromatic carbocycles. The minimum Gasteiger partial charge on any atom is -0.481 e. The third-order valence-electron chi connectivity index (χ3n) is 7.68. The van der Waals surface area contributed by atoms with E-state index in [4.69, 9.17) is 0 Å². The van der Waals surface area contributed by atoms with Crippen LogP contribution in [0.15, 0.2) is 30.3 Å². The van der Waals surface area contributed by atoms with E-state index in [0.717, 1.165) is 50.6 Å². The first-order valence-electron chi connectivity index (χ1n) is 10.8. The number of carboxylic acid groups (broad SMARTS) is 1. The highest BCUT2D eigenvalue weighted by Crippen LogP contribution is 2.45. The van der Waals surface area contributed by atoms with E-state index in [9.17, 15) is 14.7 Å². The number of piperidine rings is 2. The molecule has 0 spiro atoms. The Labute approximate surface area is 167 Å². The van der Waals surface area contributed by atoms with Crippen LogP contribution in [0, 0.1) is 5.41 Å². The highest BCUT2D eigenvalue weighted by atomic mass is 16.4. The highest BCUT2D eigenvalue weighted by molar-refractivity contribution is 5.89. The van der Waals surface area contributed by atoms with E-state index in [1.165, 1.54) is 6.42 Å². The van der Waals surface area contributed by atoms with Crippen molar-refractivity contribution >= 4 is 11.9 Å². The molecule has 0 aromatic heterocycles. The Morgan fingerprint density at radius 1 is 0.964 bits per heavy atom. The standard InChI is InChI=1S/C23H32N2O3/c1-24-15-8-13-23(21(27)28)14-16-25(17-19(23)24)20(26)22(11-6-3-7-12-22)18-9-4-2-5-10-18/h2,4-5,9-10,19H,3,6-8,11-17H2,1H3,(H,27,28)/t19-,23+/m1/s1. The molecule has 3 aliphatic rings. The Morgan fingerprint density at radius 3 is 2.36 bits per heavy atom. The molecule has 1 N–H and O–H groups in total. The van der Waals surface area contributed by atoms with Gasteiger partial charge in [-0.2, -0.15) is 0 Å². The maximum Gasteiger partial charge on any atom is 0.311 e. The number of likely N-dealkylation sites (N-methyl/N-ethyl adjacent to an activating group) is 1. The van der Waals surface area contributed by atoms with E-state index in [-0.39, 0.29) is 11.9 Å². The topological polar surface area (TPSA) is 60.9 Å². The van der Waals surface area contributed by atoms with Crippen LogP contribution in [0.3, 0.4) is 0 Å². The summed E-state index contributed by atoms with van der Waals surface area (Å²) in [4.78, 5) is 30.2. The summed E-state index contributed by atoms with van der Waals surface area (Å²) in [7, 11) is 2.02. The van der Waals surface area contributed by atoms with Crippen molar-refractivity contribution in [3.05, 3.63) is 35.9 Å². The Hall–Kier alpha value is -1.88. The number of fused-ring (bicyclic) bond motifs is 1. The molecular formula is C23H32N2O3. The number of carbonyl (C=O) groups excluding carboxylic acids is 1. The Kier molecular flexibility index (Phi) is 5.21. The molecule has 1 aromatic rings. The van der Waals surface area contributed by atoms with Crippen LogP contribution in [0.25, 0.3) is 0 Å². The van der Waals surface area contributed by atoms with Gasteiger partial charge in [0.2, 0.25) is 5.91 Å². The SMILES string of the molecule is CN1CCC[C@]2(C(=O)O)CCN(C(=O)C3(c4ccccc4)CCCCC3)C[C@@H]12. The Morgan fingerprint density at radius 2 is 1.68 bits per heavy atom. The lowest BCUT2D eigenvalue weighted by molar-refractivity contribution is -0.166. The van der Waals surface area contributed by atoms with Crippen LogP contribution in [0.2, 0.25) is 0 Å². The molecule has 0 unspecified atom stereocenters. The van der Waals surface area contributed by atoms with E-state index in [0.29, 0.717) is 19.5 Å². The van der Waals surface area contributed by atoms with Gasteiger partial charge in [-0.25, -0.2) is 0 Å². The van der Waals surface area contributed by atoms with Gasteiger partial charge < -0.3 is 14.9 Å². The van der Waals surface area contributed by atoms with Crippen LogP contribution in [-0.2, 0) is 15.0 Å². The molecule has 2 atom stereocenters. The minimum absolute atomic E-state index is 0.0899. The van der Waals surface area contributed by atoms with Gasteiger partial charge >= 0.3 is 5.97 Å². The second-order valence-electron chi connectivity index (χ2n) is 9.07. The number of hydrogen-bond acceptors (Lipinski definition) is 3. The minimum atomic E-state index is -0.698. The molecule has 5 nitrogen and oxygen atoms in total. The highest BCUT2D eigenvalue weighted by Gasteiger charge is 2.54. The molecule has 1 saturated carbocycles. The molecule has 2 saturated heterocycles. The predicted octanol–water partition coefficient (Wildman–Crippen LogP) is 3.29. The number of aliphatic carboxylic acids is 1. The molecule has 152 valence electrons. The van der Waals surface area contributed by atoms with Gasteiger partial charge in [-0.15, -0.1) is 0 Å². The smallest absolute Gasteiger partial charge is 0.311 e. The molecule has 28 heavy (non-hydrogen) atoms. The zero-order valence-corrected chi connectivity index (χ0v) is 16.9. The summed E-state index contributed by atoms with van der Waals surface area (Å²) < 4.78 is 0. The number of hydrogen-bond donors (Lipinski definition) is 1. The molecule has 3 fully saturated rings. The monoisotopic (exact) mass is 384 g/mol. The number of likely N-dealkylation sites (tertiary alicyclic amines) is 2. The second-order valence-corrected chi connectivity index (χ2v) is 9.07. The van der Waals surface area contributed by atoms with Gasteiger partial charge in [-0.05, 0) is 51.3 Å². The quantitative estimate of drug-likeness (QED) is 0.869. The molecule has 0 radical (unpaired) electrons. The third-order valence-corrected chi connectivity index (χ3v) is 7.68. The van der Waals surface area contributed by atoms with Gasteiger partial charge in [0.15, 0.2) is 0 Å². The van der Waals surface area contributed by atoms with Crippen LogP contribution in [0.1, 0.15) is 56.9 Å². The lowest BCUT2D eigenvalue weighted by atomic mass is 9.66. The number of rotatable bonds is 3. The molecule has 1 aliphatic carbocycles. The zero-order chi connectivity index (χ0) is 19.8. The summed E-state index contributed by atoms with van der Waals surface area (Å²) in [5.41, 5.74) is -0.00144. The number of amides is 1. The molecule has 1 amide bonds. The first-order chi connectivity index (χ1) is 13.5. The van der Waals surface area contributed by atoms with Crippen molar-refractivity contribution in [1.29, 1.82) is 0 Å². The molecule has 2 heterocycles. The maximum absolute atomic E-state index is 13.9. The predicted molar refractivity (Wildman–Crippen MR) is 108 cm³/mol. The van der Waals surface area contributed by atoms with E-state index >= 15 is 0 Å². The maximum atomic E-state index is 13.9. The van der Waals surface area contributed by atoms with Crippen LogP contribution in [0.4, 0.5) is 0 Å². The molecular weight excluding hydrogens is 352 g/mol. The summed E-state index contributed by atoms with van der Waals surface area (Å²) >= 11 is 0. The number of carboxylic acids is 1. The average molecular weight is 385 g/mol. The van der Waals surface area contributed by atoms with Crippen molar-refractivity contribution < 1.29 is 14.7 Å². The summed E-state index contributed by atoms with van der Waals surface area (Å²) in [6.45, 7) is 2.01. The van der Waals surface area contributed by atoms with Crippen molar-refractivity contribution in [2.24, 2.45) is 5.41 Å². The summed E-state index contributed by atoms with van der Waals surface area (Å²) in [5.74, 6) is -0.469. The third kappa shape index (κ3) is 3.04. The first kappa shape index (κ1) is 19.4. The normalized spacial score (nSPS) is 30.5. The summed E-state index contributed by atoms with van der Waals surface area (Å²) in [5, 5.41) is 10.0. The number of nitrogens with zero attached hydrogens (tertiary/aromatic N) is 2. The lowest BCUT2D eigenvalue weighted by Gasteiger charge is -2.53. The molecule has 0 bridgehead atoms. The Balaban J connectivity index is 1.63. The van der Waals surface area contributed by atoms with Crippen LogP contribution in [-0.4, -0.2) is 59.5 Å². The van der Waals surface area contributed by atoms with Crippen LogP contribution >= 0.6 is 0 Å². The largest absolute Gasteiger partial charge is 0.481 e. The molecule has 5 heteroatoms. The van der Waals surface area contributed by atoms with Crippen molar-refractivity contribution in [2.45, 2.75) is 62.8 Å². The fraction of sp³-hybridized carbons (Fsp3) is 0.652. The zero-order valence-electron chi connectivity index (χ0n) is 16.9. The number of carbonyl (C=O) groups is 2. The van der Waals surface area contributed by atoms with E-state index in [1.54, 1.807) is 0 Å². The van der Waals surface area contributed by atoms with Crippen LogP contribution < -0.4 is 0 Å². The average Bonchev–Trinajstić information content (AvgIpc) is 2.74. The van der Waals surface area contributed by atoms with Gasteiger partial charge in [-0.3, -0.25) is 9.59 Å². The fourth-order valence-corrected chi connectivity index (χ4v) is 6.01. The van der Waals surface area contributed by atoms with Gasteiger partial charge in [0.1, 0.15) is 0 Å². The molecule has 4 rings (SSSR count). The van der Waals surface area contributed by atoms with Crippen molar-refractivity contribution in [3.63, 3.8) is 0 Å². The Bertz CT molecular complexity index is 729. The van der Waals surface area contributed by atoms with Gasteiger partial charge in [-0.1, -0.05) is 49.6 Å².